The number of rotatable bonds is 5. The summed E-state index contributed by atoms with van der Waals surface area (Å²) in [6, 6.07) is 6.17. The van der Waals surface area contributed by atoms with Gasteiger partial charge in [0.15, 0.2) is 5.82 Å². The number of nitrogens with zero attached hydrogens (tertiary/aromatic N) is 6. The lowest BCUT2D eigenvalue weighted by atomic mass is 10.2. The van der Waals surface area contributed by atoms with Crippen LogP contribution < -0.4 is 10.9 Å². The van der Waals surface area contributed by atoms with Gasteiger partial charge in [0.25, 0.3) is 11.5 Å². The Morgan fingerprint density at radius 2 is 1.53 bits per heavy atom. The topological polar surface area (TPSA) is 98.5 Å². The smallest absolute Gasteiger partial charge is 0.324 e. The van der Waals surface area contributed by atoms with Gasteiger partial charge in [0, 0.05) is 36.6 Å². The van der Waals surface area contributed by atoms with Gasteiger partial charge in [-0.2, -0.15) is 41.3 Å². The van der Waals surface area contributed by atoms with Crippen molar-refractivity contribution in [3.05, 3.63) is 82.2 Å². The van der Waals surface area contributed by atoms with E-state index in [1.165, 1.54) is 0 Å². The van der Waals surface area contributed by atoms with Crippen LogP contribution in [0.2, 0.25) is 0 Å². The van der Waals surface area contributed by atoms with Crippen molar-refractivity contribution in [3.8, 4) is 17.5 Å². The summed E-state index contributed by atoms with van der Waals surface area (Å²) in [6.07, 6.45) is -8.08. The van der Waals surface area contributed by atoms with E-state index in [4.69, 9.17) is 0 Å². The number of aromatic nitrogens is 6. The Kier molecular flexibility index (Phi) is 6.59. The van der Waals surface area contributed by atoms with E-state index in [1.807, 2.05) is 0 Å². The Labute approximate surface area is 207 Å². The molecule has 1 N–H and O–H groups in total. The average molecular weight is 543 g/mol. The minimum atomic E-state index is -4.84. The Morgan fingerprint density at radius 1 is 0.816 bits per heavy atom. The van der Waals surface area contributed by atoms with Gasteiger partial charge in [0.2, 0.25) is 11.9 Å². The summed E-state index contributed by atoms with van der Waals surface area (Å²) in [7, 11) is 0. The van der Waals surface area contributed by atoms with Crippen molar-refractivity contribution >= 4 is 11.6 Å². The van der Waals surface area contributed by atoms with E-state index in [9.17, 15) is 39.9 Å². The van der Waals surface area contributed by atoms with E-state index in [-0.39, 0.29) is 5.69 Å². The molecule has 8 nitrogen and oxygen atoms in total. The fourth-order valence-corrected chi connectivity index (χ4v) is 3.06. The van der Waals surface area contributed by atoms with Gasteiger partial charge in [-0.25, -0.2) is 13.8 Å². The maximum Gasteiger partial charge on any atom is 0.433 e. The zero-order valence-electron chi connectivity index (χ0n) is 18.8. The van der Waals surface area contributed by atoms with Crippen LogP contribution in [0.5, 0.6) is 0 Å². The molecule has 0 fully saturated rings. The molecule has 0 aliphatic heterocycles. The first-order valence-electron chi connectivity index (χ1n) is 10.3. The molecule has 4 aromatic rings. The molecule has 0 amide bonds. The fourth-order valence-electron chi connectivity index (χ4n) is 3.06. The largest absolute Gasteiger partial charge is 0.433 e. The van der Waals surface area contributed by atoms with E-state index in [2.05, 4.69) is 30.2 Å². The molecule has 0 spiro atoms. The maximum atomic E-state index is 13.9. The second-order valence-corrected chi connectivity index (χ2v) is 7.76. The summed E-state index contributed by atoms with van der Waals surface area (Å²) in [5.74, 6) is -5.06. The second-order valence-electron chi connectivity index (χ2n) is 7.76. The van der Waals surface area contributed by atoms with E-state index in [0.29, 0.717) is 23.6 Å². The highest BCUT2D eigenvalue weighted by Crippen LogP contribution is 2.31. The van der Waals surface area contributed by atoms with E-state index in [0.717, 1.165) is 42.7 Å². The van der Waals surface area contributed by atoms with Crippen LogP contribution in [0.15, 0.2) is 59.7 Å². The summed E-state index contributed by atoms with van der Waals surface area (Å²) < 4.78 is 107. The van der Waals surface area contributed by atoms with Gasteiger partial charge < -0.3 is 5.32 Å². The monoisotopic (exact) mass is 543 g/mol. The lowest BCUT2D eigenvalue weighted by molar-refractivity contribution is -0.141. The quantitative estimate of drug-likeness (QED) is 0.338. The first-order valence-corrected chi connectivity index (χ1v) is 10.3. The second kappa shape index (κ2) is 9.42. The average Bonchev–Trinajstić information content (AvgIpc) is 2.82. The van der Waals surface area contributed by atoms with E-state index < -0.39 is 64.2 Å². The molecule has 16 heteroatoms. The summed E-state index contributed by atoms with van der Waals surface area (Å²) >= 11 is 0. The first kappa shape index (κ1) is 26.6. The minimum absolute atomic E-state index is 0.228. The van der Waals surface area contributed by atoms with Gasteiger partial charge in [-0.1, -0.05) is 6.07 Å². The summed E-state index contributed by atoms with van der Waals surface area (Å²) in [5, 5.41) is 2.43. The molecule has 4 rings (SSSR count). The lowest BCUT2D eigenvalue weighted by Gasteiger charge is -2.14. The standard InChI is InChI=1S/C22H13F8N7O/c1-20(23,24)11-5-6-16(38)37(10-11)19-35-17(13-3-2-4-14(33-13)21(25,26)27)34-18(36-19)32-12-7-8-31-15(9-12)22(28,29)30/h2-10H,1H3,(H,31,32,34,35,36). The third kappa shape index (κ3) is 5.90. The van der Waals surface area contributed by atoms with Crippen molar-refractivity contribution in [3.63, 3.8) is 0 Å². The van der Waals surface area contributed by atoms with Crippen molar-refractivity contribution in [2.24, 2.45) is 0 Å². The number of anilines is 2. The number of alkyl halides is 8. The summed E-state index contributed by atoms with van der Waals surface area (Å²) in [5.41, 5.74) is -4.75. The van der Waals surface area contributed by atoms with Gasteiger partial charge in [-0.3, -0.25) is 14.3 Å². The van der Waals surface area contributed by atoms with Gasteiger partial charge in [-0.05, 0) is 30.3 Å². The molecule has 4 heterocycles. The molecule has 0 radical (unpaired) electrons. The molecule has 0 unspecified atom stereocenters. The Hall–Kier alpha value is -4.50. The molecule has 0 atom stereocenters. The van der Waals surface area contributed by atoms with Crippen LogP contribution in [-0.2, 0) is 18.3 Å². The molecular formula is C22H13F8N7O. The molecule has 4 aromatic heterocycles. The first-order chi connectivity index (χ1) is 17.6. The van der Waals surface area contributed by atoms with E-state index in [1.54, 1.807) is 0 Å². The Bertz CT molecular complexity index is 1540. The lowest BCUT2D eigenvalue weighted by Crippen LogP contribution is -2.23. The summed E-state index contributed by atoms with van der Waals surface area (Å²) in [4.78, 5) is 30.8. The van der Waals surface area contributed by atoms with E-state index >= 15 is 0 Å². The van der Waals surface area contributed by atoms with Crippen LogP contribution in [0.1, 0.15) is 23.9 Å². The third-order valence-corrected chi connectivity index (χ3v) is 4.83. The third-order valence-electron chi connectivity index (χ3n) is 4.83. The number of halogens is 8. The number of pyridine rings is 3. The molecule has 38 heavy (non-hydrogen) atoms. The van der Waals surface area contributed by atoms with Gasteiger partial charge >= 0.3 is 12.4 Å². The molecule has 0 aliphatic carbocycles. The molecular weight excluding hydrogens is 530 g/mol. The fraction of sp³-hybridized carbons (Fsp3) is 0.182. The van der Waals surface area contributed by atoms with Crippen molar-refractivity contribution in [1.82, 2.24) is 29.5 Å². The zero-order valence-corrected chi connectivity index (χ0v) is 18.8. The van der Waals surface area contributed by atoms with Crippen molar-refractivity contribution in [2.75, 3.05) is 5.32 Å². The highest BCUT2D eigenvalue weighted by Gasteiger charge is 2.34. The zero-order chi connectivity index (χ0) is 27.9. The molecule has 0 saturated heterocycles. The normalized spacial score (nSPS) is 12.4. The van der Waals surface area contributed by atoms with Crippen LogP contribution in [0.3, 0.4) is 0 Å². The van der Waals surface area contributed by atoms with Gasteiger partial charge in [0.05, 0.1) is 0 Å². The highest BCUT2D eigenvalue weighted by molar-refractivity contribution is 5.58. The van der Waals surface area contributed by atoms with Crippen molar-refractivity contribution in [1.29, 1.82) is 0 Å². The van der Waals surface area contributed by atoms with Crippen LogP contribution in [0.25, 0.3) is 17.5 Å². The Morgan fingerprint density at radius 3 is 2.18 bits per heavy atom. The molecule has 0 aromatic carbocycles. The van der Waals surface area contributed by atoms with Gasteiger partial charge in [-0.15, -0.1) is 0 Å². The van der Waals surface area contributed by atoms with Crippen molar-refractivity contribution < 1.29 is 35.1 Å². The SMILES string of the molecule is CC(F)(F)c1ccc(=O)n(-c2nc(Nc3ccnc(C(F)(F)F)c3)nc(-c3cccc(C(F)(F)F)n3)n2)c1. The number of nitrogens with one attached hydrogen (secondary N) is 1. The predicted octanol–water partition coefficient (Wildman–Crippen LogP) is 5.37. The predicted molar refractivity (Wildman–Crippen MR) is 116 cm³/mol. The number of hydrogen-bond acceptors (Lipinski definition) is 7. The van der Waals surface area contributed by atoms with Crippen LogP contribution >= 0.6 is 0 Å². The van der Waals surface area contributed by atoms with Gasteiger partial charge in [0.1, 0.15) is 17.1 Å². The van der Waals surface area contributed by atoms with Crippen LogP contribution in [0, 0.1) is 0 Å². The van der Waals surface area contributed by atoms with Crippen LogP contribution in [0.4, 0.5) is 46.8 Å². The molecule has 0 bridgehead atoms. The van der Waals surface area contributed by atoms with Crippen LogP contribution in [-0.4, -0.2) is 29.5 Å². The van der Waals surface area contributed by atoms with Crippen molar-refractivity contribution in [2.45, 2.75) is 25.2 Å². The molecule has 198 valence electrons. The molecule has 0 aliphatic rings. The summed E-state index contributed by atoms with van der Waals surface area (Å²) in [6.45, 7) is 0.567. The Balaban J connectivity index is 1.89. The maximum absolute atomic E-state index is 13.9. The number of hydrogen-bond donors (Lipinski definition) is 1. The highest BCUT2D eigenvalue weighted by atomic mass is 19.4. The molecule has 0 saturated carbocycles. The minimum Gasteiger partial charge on any atom is -0.324 e.